The molecule has 0 aliphatic carbocycles. The van der Waals surface area contributed by atoms with Crippen molar-refractivity contribution in [1.82, 2.24) is 9.80 Å². The monoisotopic (exact) mass is 278 g/mol. The summed E-state index contributed by atoms with van der Waals surface area (Å²) in [4.78, 5) is 4.95. The maximum Gasteiger partial charge on any atom is 0.0698 e. The third-order valence-electron chi connectivity index (χ3n) is 3.74. The lowest BCUT2D eigenvalue weighted by atomic mass is 10.1. The first-order chi connectivity index (χ1) is 9.78. The second kappa shape index (κ2) is 8.37. The summed E-state index contributed by atoms with van der Waals surface area (Å²) in [5.74, 6) is 0. The predicted octanol–water partition coefficient (Wildman–Crippen LogP) is 1.12. The first kappa shape index (κ1) is 15.4. The lowest BCUT2D eigenvalue weighted by molar-refractivity contribution is 0.0564. The minimum absolute atomic E-state index is 0.115. The standard InChI is InChI=1S/C16H26N2O2/c1-15-3-2-4-16(13-15)14-18-7-5-17(6-8-18)9-11-20-12-10-19/h2-4,13,19H,5-12,14H2,1H3. The molecule has 1 aromatic rings. The average Bonchev–Trinajstić information content (AvgIpc) is 2.45. The van der Waals surface area contributed by atoms with Gasteiger partial charge in [0.2, 0.25) is 0 Å². The van der Waals surface area contributed by atoms with Crippen LogP contribution in [0, 0.1) is 6.92 Å². The quantitative estimate of drug-likeness (QED) is 0.758. The van der Waals surface area contributed by atoms with Crippen LogP contribution in [0.2, 0.25) is 0 Å². The molecule has 4 heteroatoms. The highest BCUT2D eigenvalue weighted by Gasteiger charge is 2.16. The van der Waals surface area contributed by atoms with Gasteiger partial charge in [-0.3, -0.25) is 9.80 Å². The van der Waals surface area contributed by atoms with Crippen molar-refractivity contribution in [1.29, 1.82) is 0 Å². The molecule has 0 bridgehead atoms. The SMILES string of the molecule is Cc1cccc(CN2CCN(CCOCCO)CC2)c1. The van der Waals surface area contributed by atoms with Gasteiger partial charge in [0.1, 0.15) is 0 Å². The van der Waals surface area contributed by atoms with Crippen LogP contribution >= 0.6 is 0 Å². The summed E-state index contributed by atoms with van der Waals surface area (Å²) in [6.07, 6.45) is 0. The van der Waals surface area contributed by atoms with Crippen molar-refractivity contribution in [3.63, 3.8) is 0 Å². The van der Waals surface area contributed by atoms with Crippen LogP contribution < -0.4 is 0 Å². The van der Waals surface area contributed by atoms with Crippen molar-refractivity contribution in [2.45, 2.75) is 13.5 Å². The molecule has 0 saturated carbocycles. The minimum Gasteiger partial charge on any atom is -0.394 e. The molecule has 0 radical (unpaired) electrons. The van der Waals surface area contributed by atoms with Crippen LogP contribution in [0.1, 0.15) is 11.1 Å². The molecule has 4 nitrogen and oxygen atoms in total. The Morgan fingerprint density at radius 1 is 1.10 bits per heavy atom. The molecule has 112 valence electrons. The van der Waals surface area contributed by atoms with Crippen LogP contribution in [0.5, 0.6) is 0 Å². The fourth-order valence-electron chi connectivity index (χ4n) is 2.60. The molecule has 1 N–H and O–H groups in total. The molecule has 0 atom stereocenters. The van der Waals surface area contributed by atoms with Gasteiger partial charge in [0.05, 0.1) is 19.8 Å². The van der Waals surface area contributed by atoms with E-state index >= 15 is 0 Å². The topological polar surface area (TPSA) is 35.9 Å². The number of aryl methyl sites for hydroxylation is 1. The van der Waals surface area contributed by atoms with E-state index in [1.165, 1.54) is 11.1 Å². The van der Waals surface area contributed by atoms with Crippen molar-refractivity contribution in [2.75, 3.05) is 52.5 Å². The van der Waals surface area contributed by atoms with Gasteiger partial charge in [0, 0.05) is 39.3 Å². The summed E-state index contributed by atoms with van der Waals surface area (Å²) in [6, 6.07) is 8.77. The Labute approximate surface area is 122 Å². The molecule has 1 fully saturated rings. The van der Waals surface area contributed by atoms with Crippen LogP contribution in [-0.2, 0) is 11.3 Å². The fraction of sp³-hybridized carbons (Fsp3) is 0.625. The summed E-state index contributed by atoms with van der Waals surface area (Å²) in [5.41, 5.74) is 2.74. The second-order valence-electron chi connectivity index (χ2n) is 5.44. The van der Waals surface area contributed by atoms with E-state index in [9.17, 15) is 0 Å². The lowest BCUT2D eigenvalue weighted by Gasteiger charge is -2.34. The number of rotatable bonds is 7. The van der Waals surface area contributed by atoms with Crippen molar-refractivity contribution in [3.8, 4) is 0 Å². The van der Waals surface area contributed by atoms with Crippen LogP contribution in [0.3, 0.4) is 0 Å². The molecular weight excluding hydrogens is 252 g/mol. The van der Waals surface area contributed by atoms with Gasteiger partial charge in [-0.25, -0.2) is 0 Å². The summed E-state index contributed by atoms with van der Waals surface area (Å²) >= 11 is 0. The maximum absolute atomic E-state index is 8.65. The Balaban J connectivity index is 1.66. The van der Waals surface area contributed by atoms with Crippen LogP contribution in [-0.4, -0.2) is 67.5 Å². The zero-order valence-corrected chi connectivity index (χ0v) is 12.4. The van der Waals surface area contributed by atoms with Gasteiger partial charge >= 0.3 is 0 Å². The summed E-state index contributed by atoms with van der Waals surface area (Å²) in [7, 11) is 0. The molecule has 2 rings (SSSR count). The highest BCUT2D eigenvalue weighted by molar-refractivity contribution is 5.22. The van der Waals surface area contributed by atoms with Gasteiger partial charge in [-0.2, -0.15) is 0 Å². The van der Waals surface area contributed by atoms with Gasteiger partial charge in [-0.1, -0.05) is 29.8 Å². The van der Waals surface area contributed by atoms with E-state index in [2.05, 4.69) is 41.0 Å². The number of ether oxygens (including phenoxy) is 1. The summed E-state index contributed by atoms with van der Waals surface area (Å²) < 4.78 is 5.32. The molecular formula is C16H26N2O2. The van der Waals surface area contributed by atoms with Crippen LogP contribution in [0.4, 0.5) is 0 Å². The lowest BCUT2D eigenvalue weighted by Crippen LogP contribution is -2.46. The molecule has 1 aliphatic heterocycles. The smallest absolute Gasteiger partial charge is 0.0698 e. The largest absolute Gasteiger partial charge is 0.394 e. The zero-order chi connectivity index (χ0) is 14.2. The fourth-order valence-corrected chi connectivity index (χ4v) is 2.60. The number of aliphatic hydroxyl groups is 1. The Morgan fingerprint density at radius 3 is 2.55 bits per heavy atom. The van der Waals surface area contributed by atoms with Crippen molar-refractivity contribution < 1.29 is 9.84 Å². The number of hydrogen-bond donors (Lipinski definition) is 1. The molecule has 0 spiro atoms. The molecule has 0 unspecified atom stereocenters. The van der Waals surface area contributed by atoms with E-state index in [0.29, 0.717) is 6.61 Å². The third-order valence-corrected chi connectivity index (χ3v) is 3.74. The van der Waals surface area contributed by atoms with Crippen molar-refractivity contribution in [3.05, 3.63) is 35.4 Å². The molecule has 1 heterocycles. The first-order valence-electron chi connectivity index (χ1n) is 7.47. The average molecular weight is 278 g/mol. The summed E-state index contributed by atoms with van der Waals surface area (Å²) in [5, 5.41) is 8.65. The van der Waals surface area contributed by atoms with Gasteiger partial charge < -0.3 is 9.84 Å². The first-order valence-corrected chi connectivity index (χ1v) is 7.47. The number of nitrogens with zero attached hydrogens (tertiary/aromatic N) is 2. The van der Waals surface area contributed by atoms with Gasteiger partial charge in [-0.05, 0) is 12.5 Å². The Bertz CT molecular complexity index is 390. The predicted molar refractivity (Wildman–Crippen MR) is 80.8 cm³/mol. The van der Waals surface area contributed by atoms with Crippen molar-refractivity contribution >= 4 is 0 Å². The van der Waals surface area contributed by atoms with E-state index < -0.39 is 0 Å². The second-order valence-corrected chi connectivity index (χ2v) is 5.44. The molecule has 1 saturated heterocycles. The van der Waals surface area contributed by atoms with E-state index in [4.69, 9.17) is 9.84 Å². The van der Waals surface area contributed by atoms with E-state index in [1.54, 1.807) is 0 Å². The van der Waals surface area contributed by atoms with Crippen LogP contribution in [0.25, 0.3) is 0 Å². The van der Waals surface area contributed by atoms with Gasteiger partial charge in [0.25, 0.3) is 0 Å². The zero-order valence-electron chi connectivity index (χ0n) is 12.4. The molecule has 1 aromatic carbocycles. The van der Waals surface area contributed by atoms with E-state index in [-0.39, 0.29) is 6.61 Å². The highest BCUT2D eigenvalue weighted by atomic mass is 16.5. The Kier molecular flexibility index (Phi) is 6.47. The third kappa shape index (κ3) is 5.21. The Hall–Kier alpha value is -0.940. The highest BCUT2D eigenvalue weighted by Crippen LogP contribution is 2.10. The minimum atomic E-state index is 0.115. The normalized spacial score (nSPS) is 17.5. The maximum atomic E-state index is 8.65. The molecule has 1 aliphatic rings. The van der Waals surface area contributed by atoms with E-state index in [1.807, 2.05) is 0 Å². The van der Waals surface area contributed by atoms with E-state index in [0.717, 1.165) is 45.9 Å². The molecule has 0 aromatic heterocycles. The molecule has 20 heavy (non-hydrogen) atoms. The number of piperazine rings is 1. The number of hydrogen-bond acceptors (Lipinski definition) is 4. The van der Waals surface area contributed by atoms with Crippen LogP contribution in [0.15, 0.2) is 24.3 Å². The number of aliphatic hydroxyl groups excluding tert-OH is 1. The van der Waals surface area contributed by atoms with Crippen molar-refractivity contribution in [2.24, 2.45) is 0 Å². The van der Waals surface area contributed by atoms with Gasteiger partial charge in [0.15, 0.2) is 0 Å². The van der Waals surface area contributed by atoms with Gasteiger partial charge in [-0.15, -0.1) is 0 Å². The molecule has 0 amide bonds. The summed E-state index contributed by atoms with van der Waals surface area (Å²) in [6.45, 7) is 9.91. The Morgan fingerprint density at radius 2 is 1.85 bits per heavy atom. The number of benzene rings is 1.